The standard InChI is InChI=1S/C21H22O4S/c1-3-4-15-5-7-16(8-6-15)20(19-13-14-25-21(19)22)17-9-11-18(12-10-17)26(2,23)24/h5-12H,3-4,13-14H2,1-2H3/b20-19+. The second-order valence-corrected chi connectivity index (χ2v) is 8.50. The average molecular weight is 370 g/mol. The number of rotatable bonds is 5. The van der Waals surface area contributed by atoms with Crippen LogP contribution >= 0.6 is 0 Å². The summed E-state index contributed by atoms with van der Waals surface area (Å²) >= 11 is 0. The third-order valence-corrected chi connectivity index (χ3v) is 5.61. The van der Waals surface area contributed by atoms with Gasteiger partial charge in [-0.25, -0.2) is 13.2 Å². The number of aryl methyl sites for hydroxylation is 1. The van der Waals surface area contributed by atoms with Gasteiger partial charge in [-0.1, -0.05) is 49.7 Å². The molecule has 2 aromatic rings. The van der Waals surface area contributed by atoms with E-state index in [0.717, 1.165) is 29.5 Å². The molecule has 5 heteroatoms. The smallest absolute Gasteiger partial charge is 0.334 e. The number of carbonyl (C=O) groups excluding carboxylic acids is 1. The Bertz CT molecular complexity index is 937. The van der Waals surface area contributed by atoms with Gasteiger partial charge in [0, 0.05) is 18.2 Å². The maximum absolute atomic E-state index is 12.2. The van der Waals surface area contributed by atoms with Crippen molar-refractivity contribution in [2.75, 3.05) is 12.9 Å². The van der Waals surface area contributed by atoms with Gasteiger partial charge in [-0.3, -0.25) is 0 Å². The SMILES string of the molecule is CCCc1ccc(/C(=C2/CCOC2=O)c2ccc(S(C)(=O)=O)cc2)cc1. The van der Waals surface area contributed by atoms with E-state index in [9.17, 15) is 13.2 Å². The summed E-state index contributed by atoms with van der Waals surface area (Å²) in [6.45, 7) is 2.52. The molecule has 136 valence electrons. The van der Waals surface area contributed by atoms with Crippen molar-refractivity contribution in [2.45, 2.75) is 31.1 Å². The summed E-state index contributed by atoms with van der Waals surface area (Å²) in [5.74, 6) is -0.301. The number of carbonyl (C=O) groups is 1. The largest absolute Gasteiger partial charge is 0.462 e. The molecule has 4 nitrogen and oxygen atoms in total. The second-order valence-electron chi connectivity index (χ2n) is 6.48. The Balaban J connectivity index is 2.09. The van der Waals surface area contributed by atoms with E-state index in [2.05, 4.69) is 19.1 Å². The van der Waals surface area contributed by atoms with Crippen LogP contribution in [0.25, 0.3) is 5.57 Å². The molecular formula is C21H22O4S. The van der Waals surface area contributed by atoms with Gasteiger partial charge in [-0.2, -0.15) is 0 Å². The molecule has 1 fully saturated rings. The minimum Gasteiger partial charge on any atom is -0.462 e. The number of esters is 1. The van der Waals surface area contributed by atoms with E-state index in [1.807, 2.05) is 12.1 Å². The van der Waals surface area contributed by atoms with E-state index in [1.165, 1.54) is 11.8 Å². The van der Waals surface area contributed by atoms with Crippen molar-refractivity contribution in [1.82, 2.24) is 0 Å². The summed E-state index contributed by atoms with van der Waals surface area (Å²) in [4.78, 5) is 12.4. The van der Waals surface area contributed by atoms with E-state index in [-0.39, 0.29) is 10.9 Å². The fraction of sp³-hybridized carbons (Fsp3) is 0.286. The summed E-state index contributed by atoms with van der Waals surface area (Å²) < 4.78 is 28.5. The van der Waals surface area contributed by atoms with E-state index < -0.39 is 9.84 Å². The molecule has 3 rings (SSSR count). The molecule has 1 aliphatic heterocycles. The van der Waals surface area contributed by atoms with Crippen LogP contribution in [0.3, 0.4) is 0 Å². The first-order chi connectivity index (χ1) is 12.4. The van der Waals surface area contributed by atoms with Gasteiger partial charge in [0.05, 0.1) is 11.5 Å². The molecule has 0 N–H and O–H groups in total. The fourth-order valence-electron chi connectivity index (χ4n) is 3.17. The Morgan fingerprint density at radius 1 is 1.00 bits per heavy atom. The number of hydrogen-bond acceptors (Lipinski definition) is 4. The lowest BCUT2D eigenvalue weighted by atomic mass is 9.91. The normalized spacial score (nSPS) is 16.5. The van der Waals surface area contributed by atoms with Crippen LogP contribution in [0.2, 0.25) is 0 Å². The summed E-state index contributed by atoms with van der Waals surface area (Å²) in [5, 5.41) is 0. The van der Waals surface area contributed by atoms with Crippen molar-refractivity contribution < 1.29 is 17.9 Å². The third kappa shape index (κ3) is 3.88. The Hall–Kier alpha value is -2.40. The molecule has 26 heavy (non-hydrogen) atoms. The van der Waals surface area contributed by atoms with E-state index in [4.69, 9.17) is 4.74 Å². The summed E-state index contributed by atoms with van der Waals surface area (Å²) in [6.07, 6.45) is 3.82. The summed E-state index contributed by atoms with van der Waals surface area (Å²) in [6, 6.07) is 14.9. The van der Waals surface area contributed by atoms with Gasteiger partial charge < -0.3 is 4.74 Å². The van der Waals surface area contributed by atoms with Gasteiger partial charge >= 0.3 is 5.97 Å². The lowest BCUT2D eigenvalue weighted by molar-refractivity contribution is -0.135. The van der Waals surface area contributed by atoms with Crippen molar-refractivity contribution in [3.8, 4) is 0 Å². The monoisotopic (exact) mass is 370 g/mol. The van der Waals surface area contributed by atoms with Gasteiger partial charge in [0.1, 0.15) is 0 Å². The molecule has 0 atom stereocenters. The number of benzene rings is 2. The van der Waals surface area contributed by atoms with Crippen LogP contribution in [-0.2, 0) is 25.8 Å². The summed E-state index contributed by atoms with van der Waals surface area (Å²) in [5.41, 5.74) is 4.46. The minimum absolute atomic E-state index is 0.262. The molecular weight excluding hydrogens is 348 g/mol. The zero-order valence-corrected chi connectivity index (χ0v) is 15.8. The molecule has 0 aliphatic carbocycles. The molecule has 1 aliphatic rings. The number of cyclic esters (lactones) is 1. The zero-order chi connectivity index (χ0) is 18.7. The van der Waals surface area contributed by atoms with Crippen molar-refractivity contribution in [2.24, 2.45) is 0 Å². The maximum Gasteiger partial charge on any atom is 0.334 e. The molecule has 1 saturated heterocycles. The first-order valence-electron chi connectivity index (χ1n) is 8.70. The van der Waals surface area contributed by atoms with Gasteiger partial charge in [-0.15, -0.1) is 0 Å². The highest BCUT2D eigenvalue weighted by Crippen LogP contribution is 2.32. The predicted octanol–water partition coefficient (Wildman–Crippen LogP) is 3.79. The van der Waals surface area contributed by atoms with Crippen LogP contribution in [0.15, 0.2) is 59.0 Å². The highest BCUT2D eigenvalue weighted by Gasteiger charge is 2.25. The molecule has 0 aromatic heterocycles. The first-order valence-corrected chi connectivity index (χ1v) is 10.6. The van der Waals surface area contributed by atoms with Crippen molar-refractivity contribution in [3.63, 3.8) is 0 Å². The molecule has 2 aromatic carbocycles. The highest BCUT2D eigenvalue weighted by molar-refractivity contribution is 7.90. The lowest BCUT2D eigenvalue weighted by Gasteiger charge is -2.12. The third-order valence-electron chi connectivity index (χ3n) is 4.49. The van der Waals surface area contributed by atoms with Gasteiger partial charge in [0.25, 0.3) is 0 Å². The number of hydrogen-bond donors (Lipinski definition) is 0. The quantitative estimate of drug-likeness (QED) is 0.593. The Labute approximate surface area is 154 Å². The van der Waals surface area contributed by atoms with Crippen LogP contribution < -0.4 is 0 Å². The Kier molecular flexibility index (Phi) is 5.28. The first kappa shape index (κ1) is 18.4. The summed E-state index contributed by atoms with van der Waals surface area (Å²) in [7, 11) is -3.26. The van der Waals surface area contributed by atoms with Crippen LogP contribution in [0.4, 0.5) is 0 Å². The molecule has 0 saturated carbocycles. The van der Waals surface area contributed by atoms with Crippen LogP contribution in [0, 0.1) is 0 Å². The van der Waals surface area contributed by atoms with Gasteiger partial charge in [0.2, 0.25) is 0 Å². The van der Waals surface area contributed by atoms with Crippen molar-refractivity contribution in [3.05, 3.63) is 70.8 Å². The number of ether oxygens (including phenoxy) is 1. The minimum atomic E-state index is -3.26. The number of sulfone groups is 1. The second kappa shape index (κ2) is 7.46. The van der Waals surface area contributed by atoms with E-state index >= 15 is 0 Å². The lowest BCUT2D eigenvalue weighted by Crippen LogP contribution is -2.02. The molecule has 0 amide bonds. The topological polar surface area (TPSA) is 60.4 Å². The molecule has 0 unspecified atom stereocenters. The molecule has 0 bridgehead atoms. The zero-order valence-electron chi connectivity index (χ0n) is 15.0. The fourth-order valence-corrected chi connectivity index (χ4v) is 3.80. The van der Waals surface area contributed by atoms with E-state index in [0.29, 0.717) is 18.6 Å². The average Bonchev–Trinajstić information content (AvgIpc) is 3.02. The van der Waals surface area contributed by atoms with E-state index in [1.54, 1.807) is 24.3 Å². The van der Waals surface area contributed by atoms with Crippen LogP contribution in [0.1, 0.15) is 36.5 Å². The van der Waals surface area contributed by atoms with Crippen molar-refractivity contribution >= 4 is 21.4 Å². The van der Waals surface area contributed by atoms with Crippen LogP contribution in [0.5, 0.6) is 0 Å². The molecule has 0 radical (unpaired) electrons. The predicted molar refractivity (Wildman–Crippen MR) is 102 cm³/mol. The van der Waals surface area contributed by atoms with Gasteiger partial charge in [0.15, 0.2) is 9.84 Å². The highest BCUT2D eigenvalue weighted by atomic mass is 32.2. The van der Waals surface area contributed by atoms with Gasteiger partial charge in [-0.05, 0) is 40.8 Å². The maximum atomic E-state index is 12.2. The Morgan fingerprint density at radius 3 is 2.04 bits per heavy atom. The molecule has 0 spiro atoms. The van der Waals surface area contributed by atoms with Crippen molar-refractivity contribution in [1.29, 1.82) is 0 Å². The van der Waals surface area contributed by atoms with Crippen LogP contribution in [-0.4, -0.2) is 27.2 Å². The Morgan fingerprint density at radius 2 is 1.58 bits per heavy atom. The molecule has 1 heterocycles.